The standard InChI is InChI=1S/C2H7N.K.H/c1-2-3;;/h2-3H2,1H3;;. The van der Waals surface area contributed by atoms with Crippen LogP contribution in [0.25, 0.3) is 0 Å². The molecular formula is C2H8KN. The first-order chi connectivity index (χ1) is 1.41. The fourth-order valence-electron chi connectivity index (χ4n) is 0. The normalized spacial score (nSPS) is 4.50. The van der Waals surface area contributed by atoms with E-state index in [-0.39, 0.29) is 51.4 Å². The molecule has 22 valence electrons. The Morgan fingerprint density at radius 2 is 1.75 bits per heavy atom. The fourth-order valence-corrected chi connectivity index (χ4v) is 0. The second kappa shape index (κ2) is 8.82. The second-order valence-corrected chi connectivity index (χ2v) is 0.408. The van der Waals surface area contributed by atoms with Gasteiger partial charge in [0.15, 0.2) is 0 Å². The van der Waals surface area contributed by atoms with Crippen LogP contribution in [0.15, 0.2) is 0 Å². The molecule has 1 nitrogen and oxygen atoms in total. The summed E-state index contributed by atoms with van der Waals surface area (Å²) in [7, 11) is 0. The predicted octanol–water partition coefficient (Wildman–Crippen LogP) is -0.683. The SMILES string of the molecule is CCN.[KH]. The number of hydrogen-bond acceptors (Lipinski definition) is 1. The van der Waals surface area contributed by atoms with E-state index in [9.17, 15) is 0 Å². The minimum absolute atomic E-state index is 0. The maximum atomic E-state index is 4.85. The van der Waals surface area contributed by atoms with Crippen molar-refractivity contribution in [3.8, 4) is 0 Å². The van der Waals surface area contributed by atoms with E-state index in [0.717, 1.165) is 6.54 Å². The number of nitrogens with two attached hydrogens (primary N) is 1. The molecule has 0 bridgehead atoms. The average molecular weight is 85.2 g/mol. The fraction of sp³-hybridized carbons (Fsp3) is 1.00. The van der Waals surface area contributed by atoms with Crippen LogP contribution in [0.5, 0.6) is 0 Å². The van der Waals surface area contributed by atoms with Crippen molar-refractivity contribution >= 4 is 51.4 Å². The third-order valence-electron chi connectivity index (χ3n) is 0. The van der Waals surface area contributed by atoms with E-state index in [4.69, 9.17) is 5.73 Å². The molecule has 0 aromatic heterocycles. The summed E-state index contributed by atoms with van der Waals surface area (Å²) in [5, 5.41) is 0. The van der Waals surface area contributed by atoms with Gasteiger partial charge in [0.05, 0.1) is 0 Å². The van der Waals surface area contributed by atoms with Crippen molar-refractivity contribution < 1.29 is 0 Å². The summed E-state index contributed by atoms with van der Waals surface area (Å²) in [5.41, 5.74) is 4.85. The van der Waals surface area contributed by atoms with Gasteiger partial charge in [-0.25, -0.2) is 0 Å². The summed E-state index contributed by atoms with van der Waals surface area (Å²) in [6, 6.07) is 0. The van der Waals surface area contributed by atoms with E-state index >= 15 is 0 Å². The molecular weight excluding hydrogens is 77.1 g/mol. The predicted molar refractivity (Wildman–Crippen MR) is 21.9 cm³/mol. The molecule has 0 saturated carbocycles. The van der Waals surface area contributed by atoms with Crippen LogP contribution in [-0.2, 0) is 0 Å². The van der Waals surface area contributed by atoms with Gasteiger partial charge >= 0.3 is 51.4 Å². The van der Waals surface area contributed by atoms with Gasteiger partial charge in [0.1, 0.15) is 0 Å². The van der Waals surface area contributed by atoms with Crippen LogP contribution in [0, 0.1) is 0 Å². The number of rotatable bonds is 0. The van der Waals surface area contributed by atoms with E-state index in [1.807, 2.05) is 6.92 Å². The van der Waals surface area contributed by atoms with Gasteiger partial charge in [-0.15, -0.1) is 0 Å². The summed E-state index contributed by atoms with van der Waals surface area (Å²) in [5.74, 6) is 0. The van der Waals surface area contributed by atoms with Crippen LogP contribution in [0.1, 0.15) is 6.92 Å². The van der Waals surface area contributed by atoms with Crippen LogP contribution in [0.4, 0.5) is 0 Å². The summed E-state index contributed by atoms with van der Waals surface area (Å²) >= 11 is 0. The second-order valence-electron chi connectivity index (χ2n) is 0.408. The molecule has 0 spiro atoms. The molecule has 0 aliphatic carbocycles. The van der Waals surface area contributed by atoms with Crippen LogP contribution in [-0.4, -0.2) is 57.9 Å². The molecule has 0 radical (unpaired) electrons. The summed E-state index contributed by atoms with van der Waals surface area (Å²) < 4.78 is 0. The number of hydrogen-bond donors (Lipinski definition) is 1. The minimum atomic E-state index is 0. The third kappa shape index (κ3) is 9.51. The van der Waals surface area contributed by atoms with Gasteiger partial charge in [0, 0.05) is 0 Å². The molecule has 0 heterocycles. The zero-order valence-corrected chi connectivity index (χ0v) is 2.28. The Bertz CT molecular complexity index is 6.00. The topological polar surface area (TPSA) is 26.0 Å². The Kier molecular flexibility index (Phi) is 20.2. The van der Waals surface area contributed by atoms with Crippen molar-refractivity contribution in [3.05, 3.63) is 0 Å². The molecule has 0 atom stereocenters. The van der Waals surface area contributed by atoms with Crippen LogP contribution >= 0.6 is 0 Å². The van der Waals surface area contributed by atoms with Gasteiger partial charge in [-0.1, -0.05) is 6.92 Å². The molecule has 0 fully saturated rings. The Balaban J connectivity index is 0. The molecule has 0 rings (SSSR count). The van der Waals surface area contributed by atoms with Gasteiger partial charge in [-0.05, 0) is 6.54 Å². The van der Waals surface area contributed by atoms with Gasteiger partial charge in [-0.3, -0.25) is 0 Å². The molecule has 0 amide bonds. The van der Waals surface area contributed by atoms with Gasteiger partial charge in [0.25, 0.3) is 0 Å². The monoisotopic (exact) mass is 85.0 g/mol. The molecule has 0 aliphatic rings. The van der Waals surface area contributed by atoms with E-state index < -0.39 is 0 Å². The zero-order valence-electron chi connectivity index (χ0n) is 2.28. The quantitative estimate of drug-likeness (QED) is 0.387. The maximum absolute atomic E-state index is 4.85. The summed E-state index contributed by atoms with van der Waals surface area (Å²) in [6.45, 7) is 2.65. The van der Waals surface area contributed by atoms with Crippen molar-refractivity contribution in [2.45, 2.75) is 6.92 Å². The zero-order chi connectivity index (χ0) is 2.71. The average Bonchev–Trinajstić information content (AvgIpc) is 0.918. The molecule has 0 aromatic rings. The van der Waals surface area contributed by atoms with Gasteiger partial charge in [0.2, 0.25) is 0 Å². The van der Waals surface area contributed by atoms with Crippen molar-refractivity contribution in [3.63, 3.8) is 0 Å². The molecule has 2 N–H and O–H groups in total. The van der Waals surface area contributed by atoms with E-state index in [1.54, 1.807) is 0 Å². The van der Waals surface area contributed by atoms with Crippen LogP contribution in [0.2, 0.25) is 0 Å². The molecule has 2 heteroatoms. The third-order valence-corrected chi connectivity index (χ3v) is 0. The molecule has 0 aliphatic heterocycles. The van der Waals surface area contributed by atoms with E-state index in [1.165, 1.54) is 0 Å². The Hall–Kier alpha value is 1.60. The molecule has 0 aromatic carbocycles. The first-order valence-corrected chi connectivity index (χ1v) is 1.12. The van der Waals surface area contributed by atoms with Crippen molar-refractivity contribution in [2.75, 3.05) is 6.54 Å². The van der Waals surface area contributed by atoms with Crippen molar-refractivity contribution in [1.29, 1.82) is 0 Å². The van der Waals surface area contributed by atoms with E-state index in [2.05, 4.69) is 0 Å². The van der Waals surface area contributed by atoms with Gasteiger partial charge < -0.3 is 5.73 Å². The first-order valence-electron chi connectivity index (χ1n) is 1.12. The molecule has 0 saturated heterocycles. The molecule has 0 unspecified atom stereocenters. The summed E-state index contributed by atoms with van der Waals surface area (Å²) in [6.07, 6.45) is 0. The Labute approximate surface area is 69.4 Å². The van der Waals surface area contributed by atoms with Crippen molar-refractivity contribution in [2.24, 2.45) is 5.73 Å². The van der Waals surface area contributed by atoms with Crippen LogP contribution < -0.4 is 5.73 Å². The Morgan fingerprint density at radius 3 is 1.75 bits per heavy atom. The van der Waals surface area contributed by atoms with Gasteiger partial charge in [-0.2, -0.15) is 0 Å². The van der Waals surface area contributed by atoms with E-state index in [0.29, 0.717) is 0 Å². The Morgan fingerprint density at radius 1 is 1.75 bits per heavy atom. The summed E-state index contributed by atoms with van der Waals surface area (Å²) in [4.78, 5) is 0. The first kappa shape index (κ1) is 9.14. The van der Waals surface area contributed by atoms with Crippen LogP contribution in [0.3, 0.4) is 0 Å². The van der Waals surface area contributed by atoms with Crippen molar-refractivity contribution in [1.82, 2.24) is 0 Å². The molecule has 4 heavy (non-hydrogen) atoms.